The third kappa shape index (κ3) is 1.98. The molecular weight excluding hydrogens is 215 g/mol. The van der Waals surface area contributed by atoms with Crippen LogP contribution in [0.5, 0.6) is 0 Å². The third-order valence-electron chi connectivity index (χ3n) is 2.93. The van der Waals surface area contributed by atoms with Gasteiger partial charge in [0.05, 0.1) is 0 Å². The summed E-state index contributed by atoms with van der Waals surface area (Å²) < 4.78 is 13.7. The molecule has 0 atom stereocenters. The maximum absolute atomic E-state index is 13.7. The fourth-order valence-corrected chi connectivity index (χ4v) is 1.98. The number of halogens is 1. The second-order valence-electron chi connectivity index (χ2n) is 4.08. The van der Waals surface area contributed by atoms with Crippen LogP contribution in [0.1, 0.15) is 21.5 Å². The van der Waals surface area contributed by atoms with Gasteiger partial charge in [0.1, 0.15) is 5.82 Å². The van der Waals surface area contributed by atoms with Gasteiger partial charge in [0, 0.05) is 5.56 Å². The van der Waals surface area contributed by atoms with E-state index in [9.17, 15) is 9.18 Å². The van der Waals surface area contributed by atoms with Crippen LogP contribution in [0, 0.1) is 19.7 Å². The second kappa shape index (κ2) is 4.50. The summed E-state index contributed by atoms with van der Waals surface area (Å²) in [6.45, 7) is 3.35. The maximum atomic E-state index is 13.7. The minimum absolute atomic E-state index is 0.299. The average molecular weight is 228 g/mol. The van der Waals surface area contributed by atoms with E-state index in [0.29, 0.717) is 16.7 Å². The highest BCUT2D eigenvalue weighted by Crippen LogP contribution is 2.28. The van der Waals surface area contributed by atoms with Crippen molar-refractivity contribution in [3.05, 3.63) is 58.9 Å². The molecule has 0 spiro atoms. The largest absolute Gasteiger partial charge is 0.298 e. The first-order chi connectivity index (χ1) is 8.15. The highest BCUT2D eigenvalue weighted by atomic mass is 19.1. The van der Waals surface area contributed by atoms with Crippen LogP contribution in [0.4, 0.5) is 4.39 Å². The van der Waals surface area contributed by atoms with Crippen molar-refractivity contribution in [3.8, 4) is 11.1 Å². The molecule has 0 saturated heterocycles. The Hall–Kier alpha value is -1.96. The molecule has 0 N–H and O–H groups in total. The van der Waals surface area contributed by atoms with E-state index in [0.717, 1.165) is 17.4 Å². The fourth-order valence-electron chi connectivity index (χ4n) is 1.98. The average Bonchev–Trinajstić information content (AvgIpc) is 2.36. The zero-order chi connectivity index (χ0) is 12.4. The van der Waals surface area contributed by atoms with E-state index >= 15 is 0 Å². The monoisotopic (exact) mass is 228 g/mol. The van der Waals surface area contributed by atoms with Gasteiger partial charge >= 0.3 is 0 Å². The minimum atomic E-state index is -0.299. The fraction of sp³-hybridized carbons (Fsp3) is 0.133. The first-order valence-electron chi connectivity index (χ1n) is 5.45. The molecule has 0 aliphatic rings. The predicted molar refractivity (Wildman–Crippen MR) is 66.7 cm³/mol. The van der Waals surface area contributed by atoms with Crippen LogP contribution in [-0.2, 0) is 0 Å². The molecule has 2 heteroatoms. The molecule has 86 valence electrons. The number of carbonyl (C=O) groups is 1. The smallest absolute Gasteiger partial charge is 0.151 e. The maximum Gasteiger partial charge on any atom is 0.151 e. The Labute approximate surface area is 99.9 Å². The van der Waals surface area contributed by atoms with Crippen molar-refractivity contribution in [1.82, 2.24) is 0 Å². The summed E-state index contributed by atoms with van der Waals surface area (Å²) in [5.41, 5.74) is 3.13. The lowest BCUT2D eigenvalue weighted by Crippen LogP contribution is -1.98. The number of aldehydes is 1. The van der Waals surface area contributed by atoms with E-state index in [1.807, 2.05) is 30.3 Å². The quantitative estimate of drug-likeness (QED) is 0.712. The van der Waals surface area contributed by atoms with Crippen LogP contribution in [0.25, 0.3) is 11.1 Å². The topological polar surface area (TPSA) is 17.1 Å². The summed E-state index contributed by atoms with van der Waals surface area (Å²) in [6.07, 6.45) is 0.722. The van der Waals surface area contributed by atoms with E-state index in [2.05, 4.69) is 0 Å². The van der Waals surface area contributed by atoms with Crippen LogP contribution < -0.4 is 0 Å². The van der Waals surface area contributed by atoms with Gasteiger partial charge in [-0.15, -0.1) is 0 Å². The number of hydrogen-bond donors (Lipinski definition) is 0. The molecule has 0 heterocycles. The van der Waals surface area contributed by atoms with Gasteiger partial charge in [0.15, 0.2) is 6.29 Å². The SMILES string of the molecule is Cc1cc(-c2ccccc2)c(C=O)c(C)c1F. The minimum Gasteiger partial charge on any atom is -0.298 e. The first-order valence-corrected chi connectivity index (χ1v) is 5.45. The molecule has 0 unspecified atom stereocenters. The van der Waals surface area contributed by atoms with Gasteiger partial charge in [-0.1, -0.05) is 30.3 Å². The molecule has 2 rings (SSSR count). The molecule has 0 fully saturated rings. The van der Waals surface area contributed by atoms with Crippen LogP contribution >= 0.6 is 0 Å². The Bertz CT molecular complexity index is 559. The van der Waals surface area contributed by atoms with Crippen LogP contribution in [-0.4, -0.2) is 6.29 Å². The molecule has 0 saturated carbocycles. The van der Waals surface area contributed by atoms with E-state index in [1.54, 1.807) is 19.9 Å². The van der Waals surface area contributed by atoms with Crippen LogP contribution in [0.3, 0.4) is 0 Å². The third-order valence-corrected chi connectivity index (χ3v) is 2.93. The number of benzene rings is 2. The van der Waals surface area contributed by atoms with Crippen molar-refractivity contribution in [1.29, 1.82) is 0 Å². The number of hydrogen-bond acceptors (Lipinski definition) is 1. The highest BCUT2D eigenvalue weighted by molar-refractivity contribution is 5.89. The standard InChI is InChI=1S/C15H13FO/c1-10-8-13(12-6-4-3-5-7-12)14(9-17)11(2)15(10)16/h3-9H,1-2H3. The molecule has 17 heavy (non-hydrogen) atoms. The Balaban J connectivity index is 2.74. The van der Waals surface area contributed by atoms with Crippen molar-refractivity contribution in [2.75, 3.05) is 0 Å². The Morgan fingerprint density at radius 3 is 2.35 bits per heavy atom. The Morgan fingerprint density at radius 1 is 1.12 bits per heavy atom. The summed E-state index contributed by atoms with van der Waals surface area (Å²) in [7, 11) is 0. The summed E-state index contributed by atoms with van der Waals surface area (Å²) in [5, 5.41) is 0. The van der Waals surface area contributed by atoms with Gasteiger partial charge in [-0.05, 0) is 42.2 Å². The van der Waals surface area contributed by atoms with Gasteiger partial charge in [0.25, 0.3) is 0 Å². The zero-order valence-electron chi connectivity index (χ0n) is 9.83. The van der Waals surface area contributed by atoms with Gasteiger partial charge in [0.2, 0.25) is 0 Å². The van der Waals surface area contributed by atoms with Gasteiger partial charge < -0.3 is 0 Å². The number of carbonyl (C=O) groups excluding carboxylic acids is 1. The molecule has 0 bridgehead atoms. The van der Waals surface area contributed by atoms with E-state index < -0.39 is 0 Å². The Morgan fingerprint density at radius 2 is 1.76 bits per heavy atom. The van der Waals surface area contributed by atoms with Crippen LogP contribution in [0.2, 0.25) is 0 Å². The summed E-state index contributed by atoms with van der Waals surface area (Å²) >= 11 is 0. The van der Waals surface area contributed by atoms with Crippen molar-refractivity contribution in [2.24, 2.45) is 0 Å². The predicted octanol–water partition coefficient (Wildman–Crippen LogP) is 3.92. The molecule has 0 aliphatic carbocycles. The second-order valence-corrected chi connectivity index (χ2v) is 4.08. The summed E-state index contributed by atoms with van der Waals surface area (Å²) in [4.78, 5) is 11.1. The van der Waals surface area contributed by atoms with Crippen molar-refractivity contribution < 1.29 is 9.18 Å². The van der Waals surface area contributed by atoms with Crippen LogP contribution in [0.15, 0.2) is 36.4 Å². The molecule has 0 aliphatic heterocycles. The highest BCUT2D eigenvalue weighted by Gasteiger charge is 2.13. The van der Waals surface area contributed by atoms with Crippen molar-refractivity contribution in [3.63, 3.8) is 0 Å². The lowest BCUT2D eigenvalue weighted by Gasteiger charge is -2.11. The molecule has 0 aromatic heterocycles. The lowest BCUT2D eigenvalue weighted by atomic mass is 9.94. The van der Waals surface area contributed by atoms with E-state index in [4.69, 9.17) is 0 Å². The van der Waals surface area contributed by atoms with Crippen molar-refractivity contribution >= 4 is 6.29 Å². The molecule has 2 aromatic rings. The lowest BCUT2D eigenvalue weighted by molar-refractivity contribution is 0.112. The van der Waals surface area contributed by atoms with Crippen molar-refractivity contribution in [2.45, 2.75) is 13.8 Å². The van der Waals surface area contributed by atoms with E-state index in [1.165, 1.54) is 0 Å². The molecular formula is C15H13FO. The van der Waals surface area contributed by atoms with Gasteiger partial charge in [-0.25, -0.2) is 4.39 Å². The summed E-state index contributed by atoms with van der Waals surface area (Å²) in [6, 6.07) is 11.3. The molecule has 1 nitrogen and oxygen atoms in total. The molecule has 0 amide bonds. The molecule has 2 aromatic carbocycles. The zero-order valence-corrected chi connectivity index (χ0v) is 9.83. The van der Waals surface area contributed by atoms with Gasteiger partial charge in [-0.2, -0.15) is 0 Å². The van der Waals surface area contributed by atoms with E-state index in [-0.39, 0.29) is 5.82 Å². The number of rotatable bonds is 2. The Kier molecular flexibility index (Phi) is 3.05. The number of aryl methyl sites for hydroxylation is 1. The molecule has 0 radical (unpaired) electrons. The first kappa shape index (κ1) is 11.5. The van der Waals surface area contributed by atoms with Gasteiger partial charge in [-0.3, -0.25) is 4.79 Å². The normalized spacial score (nSPS) is 10.3. The summed E-state index contributed by atoms with van der Waals surface area (Å²) in [5.74, 6) is -0.299.